The molecule has 0 aromatic heterocycles. The van der Waals surface area contributed by atoms with Crippen LogP contribution in [0.3, 0.4) is 0 Å². The van der Waals surface area contributed by atoms with Gasteiger partial charge in [-0.1, -0.05) is 30.3 Å². The molecule has 16 heavy (non-hydrogen) atoms. The molecule has 1 fully saturated rings. The Labute approximate surface area is 98.7 Å². The van der Waals surface area contributed by atoms with Crippen molar-refractivity contribution in [2.45, 2.75) is 25.8 Å². The molecular weight excluding hydrogens is 196 g/mol. The SMILES string of the molecule is C[C@H]1CNCCN1CCCc1ccccc1. The van der Waals surface area contributed by atoms with Crippen LogP contribution in [0.25, 0.3) is 0 Å². The molecule has 0 aliphatic carbocycles. The molecule has 0 amide bonds. The first kappa shape index (κ1) is 11.6. The van der Waals surface area contributed by atoms with E-state index in [-0.39, 0.29) is 0 Å². The number of piperazine rings is 1. The molecule has 1 heterocycles. The molecule has 1 aliphatic rings. The Bertz CT molecular complexity index is 297. The molecule has 88 valence electrons. The summed E-state index contributed by atoms with van der Waals surface area (Å²) in [7, 11) is 0. The van der Waals surface area contributed by atoms with Crippen LogP contribution in [0.2, 0.25) is 0 Å². The Morgan fingerprint density at radius 3 is 2.88 bits per heavy atom. The molecule has 0 radical (unpaired) electrons. The molecule has 1 saturated heterocycles. The van der Waals surface area contributed by atoms with Gasteiger partial charge in [-0.15, -0.1) is 0 Å². The zero-order valence-electron chi connectivity index (χ0n) is 10.2. The van der Waals surface area contributed by atoms with Crippen LogP contribution in [0.4, 0.5) is 0 Å². The standard InChI is InChI=1S/C14H22N2/c1-13-12-15-9-11-16(13)10-5-8-14-6-3-2-4-7-14/h2-4,6-7,13,15H,5,8-12H2,1H3/t13-/m0/s1. The normalized spacial score (nSPS) is 22.2. The average molecular weight is 218 g/mol. The van der Waals surface area contributed by atoms with Gasteiger partial charge in [0.05, 0.1) is 0 Å². The van der Waals surface area contributed by atoms with Crippen LogP contribution in [0.1, 0.15) is 18.9 Å². The lowest BCUT2D eigenvalue weighted by atomic mass is 10.1. The minimum Gasteiger partial charge on any atom is -0.314 e. The molecule has 0 spiro atoms. The van der Waals surface area contributed by atoms with Crippen molar-refractivity contribution >= 4 is 0 Å². The summed E-state index contributed by atoms with van der Waals surface area (Å²) < 4.78 is 0. The highest BCUT2D eigenvalue weighted by Gasteiger charge is 2.16. The molecule has 2 heteroatoms. The highest BCUT2D eigenvalue weighted by molar-refractivity contribution is 5.14. The zero-order chi connectivity index (χ0) is 11.2. The quantitative estimate of drug-likeness (QED) is 0.830. The molecule has 1 N–H and O–H groups in total. The summed E-state index contributed by atoms with van der Waals surface area (Å²) in [5.41, 5.74) is 1.46. The van der Waals surface area contributed by atoms with Crippen molar-refractivity contribution in [3.63, 3.8) is 0 Å². The van der Waals surface area contributed by atoms with Crippen LogP contribution in [-0.4, -0.2) is 37.1 Å². The number of rotatable bonds is 4. The van der Waals surface area contributed by atoms with Crippen molar-refractivity contribution in [3.8, 4) is 0 Å². The Morgan fingerprint density at radius 2 is 2.12 bits per heavy atom. The van der Waals surface area contributed by atoms with Crippen LogP contribution in [0.15, 0.2) is 30.3 Å². The van der Waals surface area contributed by atoms with E-state index in [1.807, 2.05) is 0 Å². The van der Waals surface area contributed by atoms with Crippen molar-refractivity contribution in [2.24, 2.45) is 0 Å². The molecule has 0 bridgehead atoms. The Hall–Kier alpha value is -0.860. The van der Waals surface area contributed by atoms with Crippen molar-refractivity contribution in [3.05, 3.63) is 35.9 Å². The fraction of sp³-hybridized carbons (Fsp3) is 0.571. The van der Waals surface area contributed by atoms with Gasteiger partial charge in [0.25, 0.3) is 0 Å². The molecule has 0 saturated carbocycles. The highest BCUT2D eigenvalue weighted by Crippen LogP contribution is 2.07. The summed E-state index contributed by atoms with van der Waals surface area (Å²) in [5, 5.41) is 3.43. The largest absolute Gasteiger partial charge is 0.314 e. The van der Waals surface area contributed by atoms with Crippen molar-refractivity contribution in [1.29, 1.82) is 0 Å². The minimum absolute atomic E-state index is 0.699. The maximum Gasteiger partial charge on any atom is 0.0192 e. The number of nitrogens with zero attached hydrogens (tertiary/aromatic N) is 1. The summed E-state index contributed by atoms with van der Waals surface area (Å²) in [6, 6.07) is 11.5. The fourth-order valence-electron chi connectivity index (χ4n) is 2.35. The van der Waals surface area contributed by atoms with E-state index in [9.17, 15) is 0 Å². The monoisotopic (exact) mass is 218 g/mol. The van der Waals surface area contributed by atoms with Crippen LogP contribution in [0.5, 0.6) is 0 Å². The summed E-state index contributed by atoms with van der Waals surface area (Å²) in [4.78, 5) is 2.60. The lowest BCUT2D eigenvalue weighted by Crippen LogP contribution is -2.49. The second kappa shape index (κ2) is 6.02. The van der Waals surface area contributed by atoms with E-state index in [2.05, 4.69) is 47.5 Å². The molecule has 1 aromatic rings. The van der Waals surface area contributed by atoms with Gasteiger partial charge in [-0.2, -0.15) is 0 Å². The number of hydrogen-bond donors (Lipinski definition) is 1. The van der Waals surface area contributed by atoms with E-state index < -0.39 is 0 Å². The third-order valence-corrected chi connectivity index (χ3v) is 3.39. The third-order valence-electron chi connectivity index (χ3n) is 3.39. The van der Waals surface area contributed by atoms with Gasteiger partial charge in [-0.3, -0.25) is 4.90 Å². The first-order valence-corrected chi connectivity index (χ1v) is 6.35. The second-order valence-corrected chi connectivity index (χ2v) is 4.68. The van der Waals surface area contributed by atoms with Crippen molar-refractivity contribution in [2.75, 3.05) is 26.2 Å². The second-order valence-electron chi connectivity index (χ2n) is 4.68. The van der Waals surface area contributed by atoms with E-state index in [1.54, 1.807) is 0 Å². The molecule has 0 unspecified atom stereocenters. The van der Waals surface area contributed by atoms with E-state index >= 15 is 0 Å². The summed E-state index contributed by atoms with van der Waals surface area (Å²) in [5.74, 6) is 0. The van der Waals surface area contributed by atoms with E-state index in [1.165, 1.54) is 31.5 Å². The van der Waals surface area contributed by atoms with Gasteiger partial charge < -0.3 is 5.32 Å². The number of aryl methyl sites for hydroxylation is 1. The first-order chi connectivity index (χ1) is 7.86. The summed E-state index contributed by atoms with van der Waals surface area (Å²) in [6.45, 7) is 7.05. The number of benzene rings is 1. The Morgan fingerprint density at radius 1 is 1.31 bits per heavy atom. The van der Waals surface area contributed by atoms with Gasteiger partial charge >= 0.3 is 0 Å². The van der Waals surface area contributed by atoms with Crippen LogP contribution < -0.4 is 5.32 Å². The van der Waals surface area contributed by atoms with Gasteiger partial charge in [-0.05, 0) is 31.9 Å². The maximum atomic E-state index is 3.43. The topological polar surface area (TPSA) is 15.3 Å². The van der Waals surface area contributed by atoms with Crippen LogP contribution in [-0.2, 0) is 6.42 Å². The predicted molar refractivity (Wildman–Crippen MR) is 68.7 cm³/mol. The molecule has 2 nitrogen and oxygen atoms in total. The van der Waals surface area contributed by atoms with E-state index in [4.69, 9.17) is 0 Å². The van der Waals surface area contributed by atoms with Crippen molar-refractivity contribution < 1.29 is 0 Å². The maximum absolute atomic E-state index is 3.43. The Kier molecular flexibility index (Phi) is 4.37. The van der Waals surface area contributed by atoms with Gasteiger partial charge in [0.2, 0.25) is 0 Å². The fourth-order valence-corrected chi connectivity index (χ4v) is 2.35. The average Bonchev–Trinajstić information content (AvgIpc) is 2.33. The van der Waals surface area contributed by atoms with E-state index in [0.717, 1.165) is 13.1 Å². The van der Waals surface area contributed by atoms with Gasteiger partial charge in [0.15, 0.2) is 0 Å². The highest BCUT2D eigenvalue weighted by atomic mass is 15.2. The molecule has 1 aliphatic heterocycles. The minimum atomic E-state index is 0.699. The predicted octanol–water partition coefficient (Wildman–Crippen LogP) is 1.91. The smallest absolute Gasteiger partial charge is 0.0192 e. The number of hydrogen-bond acceptors (Lipinski definition) is 2. The third kappa shape index (κ3) is 3.32. The molecule has 1 atom stereocenters. The Balaban J connectivity index is 1.71. The van der Waals surface area contributed by atoms with Crippen LogP contribution in [0, 0.1) is 0 Å². The number of nitrogens with one attached hydrogen (secondary N) is 1. The van der Waals surface area contributed by atoms with Gasteiger partial charge in [0, 0.05) is 25.7 Å². The lowest BCUT2D eigenvalue weighted by molar-refractivity contribution is 0.172. The lowest BCUT2D eigenvalue weighted by Gasteiger charge is -2.33. The van der Waals surface area contributed by atoms with Gasteiger partial charge in [-0.25, -0.2) is 0 Å². The van der Waals surface area contributed by atoms with Crippen molar-refractivity contribution in [1.82, 2.24) is 10.2 Å². The van der Waals surface area contributed by atoms with Gasteiger partial charge in [0.1, 0.15) is 0 Å². The molecular formula is C14H22N2. The zero-order valence-corrected chi connectivity index (χ0v) is 10.2. The first-order valence-electron chi connectivity index (χ1n) is 6.35. The summed E-state index contributed by atoms with van der Waals surface area (Å²) in [6.07, 6.45) is 2.48. The molecule has 2 rings (SSSR count). The van der Waals surface area contributed by atoms with Crippen LogP contribution >= 0.6 is 0 Å². The molecule has 1 aromatic carbocycles. The van der Waals surface area contributed by atoms with E-state index in [0.29, 0.717) is 6.04 Å². The summed E-state index contributed by atoms with van der Waals surface area (Å²) >= 11 is 0.